The van der Waals surface area contributed by atoms with Gasteiger partial charge in [-0.05, 0) is 48.0 Å². The molecule has 0 saturated heterocycles. The molecule has 2 aromatic carbocycles. The van der Waals surface area contributed by atoms with Gasteiger partial charge in [0.25, 0.3) is 5.91 Å². The van der Waals surface area contributed by atoms with Crippen molar-refractivity contribution in [2.75, 3.05) is 4.90 Å². The molecule has 0 saturated carbocycles. The van der Waals surface area contributed by atoms with Crippen LogP contribution in [0.4, 0.5) is 10.1 Å². The van der Waals surface area contributed by atoms with Gasteiger partial charge in [-0.25, -0.2) is 4.39 Å². The lowest BCUT2D eigenvalue weighted by molar-refractivity contribution is 0.0999. The lowest BCUT2D eigenvalue weighted by Gasteiger charge is -2.29. The first kappa shape index (κ1) is 13.4. The largest absolute Gasteiger partial charge is 0.270 e. The van der Waals surface area contributed by atoms with Gasteiger partial charge in [-0.15, -0.1) is 0 Å². The standard InChI is InChI=1S/C15H9BrFNOS/c16-10-1-6-13-9(7-10)8-14(20)18(15(13)19)12-4-2-11(17)3-5-12/h1-7H,8H2. The monoisotopic (exact) mass is 349 g/mol. The van der Waals surface area contributed by atoms with Crippen LogP contribution < -0.4 is 4.90 Å². The van der Waals surface area contributed by atoms with Crippen LogP contribution in [0.15, 0.2) is 46.9 Å². The van der Waals surface area contributed by atoms with Crippen molar-refractivity contribution in [2.45, 2.75) is 6.42 Å². The van der Waals surface area contributed by atoms with Crippen LogP contribution in [-0.4, -0.2) is 10.9 Å². The summed E-state index contributed by atoms with van der Waals surface area (Å²) in [5, 5.41) is 0. The maximum absolute atomic E-state index is 13.0. The summed E-state index contributed by atoms with van der Waals surface area (Å²) >= 11 is 8.72. The Morgan fingerprint density at radius 3 is 2.55 bits per heavy atom. The highest BCUT2D eigenvalue weighted by atomic mass is 79.9. The second-order valence-electron chi connectivity index (χ2n) is 4.49. The highest BCUT2D eigenvalue weighted by Crippen LogP contribution is 2.28. The molecule has 0 spiro atoms. The highest BCUT2D eigenvalue weighted by molar-refractivity contribution is 9.10. The summed E-state index contributed by atoms with van der Waals surface area (Å²) in [5.41, 5.74) is 2.13. The van der Waals surface area contributed by atoms with Gasteiger partial charge in [-0.3, -0.25) is 9.69 Å². The Hall–Kier alpha value is -1.59. The molecule has 0 unspecified atom stereocenters. The Bertz CT molecular complexity index is 714. The maximum Gasteiger partial charge on any atom is 0.263 e. The number of rotatable bonds is 1. The molecule has 2 nitrogen and oxygen atoms in total. The van der Waals surface area contributed by atoms with Gasteiger partial charge in [0.2, 0.25) is 0 Å². The fraction of sp³-hybridized carbons (Fsp3) is 0.0667. The van der Waals surface area contributed by atoms with Crippen LogP contribution >= 0.6 is 28.1 Å². The molecule has 0 atom stereocenters. The van der Waals surface area contributed by atoms with Crippen molar-refractivity contribution >= 4 is 44.7 Å². The molecule has 0 fully saturated rings. The third kappa shape index (κ3) is 2.27. The van der Waals surface area contributed by atoms with E-state index in [9.17, 15) is 9.18 Å². The molecular weight excluding hydrogens is 341 g/mol. The number of hydrogen-bond acceptors (Lipinski definition) is 2. The quantitative estimate of drug-likeness (QED) is 0.722. The first-order chi connectivity index (χ1) is 9.56. The van der Waals surface area contributed by atoms with Crippen molar-refractivity contribution < 1.29 is 9.18 Å². The third-order valence-corrected chi connectivity index (χ3v) is 4.00. The number of anilines is 1. The van der Waals surface area contributed by atoms with Crippen molar-refractivity contribution in [1.82, 2.24) is 0 Å². The zero-order valence-electron chi connectivity index (χ0n) is 10.3. The predicted octanol–water partition coefficient (Wildman–Crippen LogP) is 4.12. The van der Waals surface area contributed by atoms with Crippen molar-refractivity contribution in [2.24, 2.45) is 0 Å². The number of carbonyl (C=O) groups is 1. The minimum Gasteiger partial charge on any atom is -0.270 e. The Morgan fingerprint density at radius 1 is 1.15 bits per heavy atom. The SMILES string of the molecule is O=C1c2ccc(Br)cc2CC(=S)N1c1ccc(F)cc1. The van der Waals surface area contributed by atoms with Gasteiger partial charge in [0.05, 0.1) is 4.99 Å². The van der Waals surface area contributed by atoms with Gasteiger partial charge in [-0.1, -0.05) is 28.1 Å². The van der Waals surface area contributed by atoms with E-state index >= 15 is 0 Å². The van der Waals surface area contributed by atoms with Crippen LogP contribution in [-0.2, 0) is 6.42 Å². The van der Waals surface area contributed by atoms with Crippen molar-refractivity contribution in [3.05, 3.63) is 63.9 Å². The molecule has 0 radical (unpaired) electrons. The Balaban J connectivity index is 2.06. The van der Waals surface area contributed by atoms with Crippen LogP contribution in [0.3, 0.4) is 0 Å². The van der Waals surface area contributed by atoms with Gasteiger partial charge in [0, 0.05) is 22.1 Å². The Kier molecular flexibility index (Phi) is 3.40. The number of fused-ring (bicyclic) bond motifs is 1. The van der Waals surface area contributed by atoms with Gasteiger partial charge in [-0.2, -0.15) is 0 Å². The summed E-state index contributed by atoms with van der Waals surface area (Å²) in [5.74, 6) is -0.510. The average Bonchev–Trinajstić information content (AvgIpc) is 2.40. The molecule has 0 aliphatic carbocycles. The summed E-state index contributed by atoms with van der Waals surface area (Å²) in [7, 11) is 0. The van der Waals surface area contributed by atoms with Gasteiger partial charge < -0.3 is 0 Å². The van der Waals surface area contributed by atoms with E-state index in [0.717, 1.165) is 10.0 Å². The summed E-state index contributed by atoms with van der Waals surface area (Å²) in [6.45, 7) is 0. The van der Waals surface area contributed by atoms with Crippen LogP contribution in [0.2, 0.25) is 0 Å². The molecule has 3 rings (SSSR count). The fourth-order valence-corrected chi connectivity index (χ4v) is 3.00. The zero-order valence-corrected chi connectivity index (χ0v) is 12.7. The van der Waals surface area contributed by atoms with Crippen LogP contribution in [0.5, 0.6) is 0 Å². The lowest BCUT2D eigenvalue weighted by Crippen LogP contribution is -2.41. The second-order valence-corrected chi connectivity index (χ2v) is 5.88. The molecule has 0 N–H and O–H groups in total. The van der Waals surface area contributed by atoms with E-state index in [2.05, 4.69) is 15.9 Å². The van der Waals surface area contributed by atoms with E-state index in [1.165, 1.54) is 17.0 Å². The number of benzene rings is 2. The first-order valence-electron chi connectivity index (χ1n) is 5.97. The van der Waals surface area contributed by atoms with E-state index in [4.69, 9.17) is 12.2 Å². The topological polar surface area (TPSA) is 20.3 Å². The Labute approximate surface area is 129 Å². The van der Waals surface area contributed by atoms with Crippen LogP contribution in [0.1, 0.15) is 15.9 Å². The molecular formula is C15H9BrFNOS. The molecule has 1 amide bonds. The van der Waals surface area contributed by atoms with Gasteiger partial charge in [0.15, 0.2) is 0 Å². The van der Waals surface area contributed by atoms with E-state index in [1.54, 1.807) is 18.2 Å². The molecule has 2 aromatic rings. The minimum absolute atomic E-state index is 0.171. The van der Waals surface area contributed by atoms with E-state index < -0.39 is 0 Å². The molecule has 1 heterocycles. The molecule has 0 bridgehead atoms. The number of carbonyl (C=O) groups excluding carboxylic acids is 1. The molecule has 5 heteroatoms. The zero-order chi connectivity index (χ0) is 14.3. The van der Waals surface area contributed by atoms with Gasteiger partial charge >= 0.3 is 0 Å². The second kappa shape index (κ2) is 5.07. The third-order valence-electron chi connectivity index (χ3n) is 3.18. The summed E-state index contributed by atoms with van der Waals surface area (Å²) in [6.07, 6.45) is 0.521. The van der Waals surface area contributed by atoms with Crippen LogP contribution in [0.25, 0.3) is 0 Å². The number of nitrogens with zero attached hydrogens (tertiary/aromatic N) is 1. The van der Waals surface area contributed by atoms with E-state index in [1.807, 2.05) is 12.1 Å². The molecule has 20 heavy (non-hydrogen) atoms. The smallest absolute Gasteiger partial charge is 0.263 e. The van der Waals surface area contributed by atoms with Crippen molar-refractivity contribution in [1.29, 1.82) is 0 Å². The maximum atomic E-state index is 13.0. The number of amides is 1. The highest BCUT2D eigenvalue weighted by Gasteiger charge is 2.29. The summed E-state index contributed by atoms with van der Waals surface area (Å²) in [4.78, 5) is 14.5. The van der Waals surface area contributed by atoms with Gasteiger partial charge in [0.1, 0.15) is 5.82 Å². The summed E-state index contributed by atoms with van der Waals surface area (Å²) in [6, 6.07) is 11.3. The Morgan fingerprint density at radius 2 is 1.85 bits per heavy atom. The predicted molar refractivity (Wildman–Crippen MR) is 83.7 cm³/mol. The van der Waals surface area contributed by atoms with Crippen molar-refractivity contribution in [3.63, 3.8) is 0 Å². The molecule has 1 aliphatic rings. The average molecular weight is 350 g/mol. The number of thiocarbonyl (C=S) groups is 1. The normalized spacial score (nSPS) is 14.4. The fourth-order valence-electron chi connectivity index (χ4n) is 2.24. The molecule has 1 aliphatic heterocycles. The number of hydrogen-bond donors (Lipinski definition) is 0. The van der Waals surface area contributed by atoms with Crippen LogP contribution in [0, 0.1) is 5.82 Å². The van der Waals surface area contributed by atoms with E-state index in [0.29, 0.717) is 22.7 Å². The molecule has 0 aromatic heterocycles. The lowest BCUT2D eigenvalue weighted by atomic mass is 9.98. The summed E-state index contributed by atoms with van der Waals surface area (Å²) < 4.78 is 13.9. The van der Waals surface area contributed by atoms with Crippen molar-refractivity contribution in [3.8, 4) is 0 Å². The molecule has 100 valence electrons. The number of halogens is 2. The minimum atomic E-state index is -0.339. The van der Waals surface area contributed by atoms with E-state index in [-0.39, 0.29) is 11.7 Å². The first-order valence-corrected chi connectivity index (χ1v) is 7.17.